The second kappa shape index (κ2) is 27.1. The fraction of sp³-hybridized carbons (Fsp3) is 0.647. The molecular weight excluding hydrogens is 827 g/mol. The van der Waals surface area contributed by atoms with E-state index in [2.05, 4.69) is 16.0 Å². The molecule has 0 saturated carbocycles. The molecule has 2 aromatic carbocycles. The van der Waals surface area contributed by atoms with Crippen LogP contribution in [0.1, 0.15) is 129 Å². The first kappa shape index (κ1) is 54.7. The van der Waals surface area contributed by atoms with Gasteiger partial charge in [-0.1, -0.05) is 116 Å². The molecule has 1 fully saturated rings. The van der Waals surface area contributed by atoms with E-state index in [1.54, 1.807) is 64.1 Å². The lowest BCUT2D eigenvalue weighted by molar-refractivity contribution is -0.152. The van der Waals surface area contributed by atoms with Crippen LogP contribution in [0.25, 0.3) is 0 Å². The topological polar surface area (TPSA) is 173 Å². The number of esters is 1. The average Bonchev–Trinajstić information content (AvgIpc) is 3.78. The minimum Gasteiger partial charge on any atom is -0.455 e. The Morgan fingerprint density at radius 3 is 1.94 bits per heavy atom. The Bertz CT molecular complexity index is 1810. The summed E-state index contributed by atoms with van der Waals surface area (Å²) in [5.41, 5.74) is 1.37. The van der Waals surface area contributed by atoms with Crippen molar-refractivity contribution in [2.45, 2.75) is 155 Å². The Balaban J connectivity index is 1.72. The molecule has 14 heteroatoms. The van der Waals surface area contributed by atoms with Crippen molar-refractivity contribution in [1.82, 2.24) is 25.8 Å². The third-order valence-corrected chi connectivity index (χ3v) is 13.1. The van der Waals surface area contributed by atoms with Crippen molar-refractivity contribution >= 4 is 35.4 Å². The number of Topliss-reactive ketones (excluding diaryl/α,β-unsaturated/α-hetero) is 1. The number of methoxy groups -OCH3 is 2. The summed E-state index contributed by atoms with van der Waals surface area (Å²) >= 11 is 0. The van der Waals surface area contributed by atoms with E-state index in [1.165, 1.54) is 0 Å². The number of unbranched alkanes of at least 4 members (excludes halogenated alkanes) is 1. The maximum absolute atomic E-state index is 14.4. The Labute approximate surface area is 388 Å². The molecule has 0 aliphatic carbocycles. The van der Waals surface area contributed by atoms with E-state index in [4.69, 9.17) is 14.2 Å². The maximum Gasteiger partial charge on any atom is 0.306 e. The van der Waals surface area contributed by atoms with E-state index < -0.39 is 60.4 Å². The lowest BCUT2D eigenvalue weighted by Crippen LogP contribution is -2.59. The van der Waals surface area contributed by atoms with Crippen LogP contribution in [0.2, 0.25) is 0 Å². The molecule has 1 aliphatic heterocycles. The normalized spacial score (nSPS) is 18.1. The number of nitrogens with one attached hydrogen (secondary N) is 3. The number of hydrogen-bond acceptors (Lipinski definition) is 10. The molecule has 0 radical (unpaired) electrons. The van der Waals surface area contributed by atoms with Crippen LogP contribution in [-0.2, 0) is 38.2 Å². The number of carbonyl (C=O) groups is 6. The van der Waals surface area contributed by atoms with Gasteiger partial charge in [0.2, 0.25) is 23.6 Å². The summed E-state index contributed by atoms with van der Waals surface area (Å²) in [5, 5.41) is 9.12. The first-order chi connectivity index (χ1) is 30.9. The van der Waals surface area contributed by atoms with Gasteiger partial charge in [-0.15, -0.1) is 0 Å². The third-order valence-electron chi connectivity index (χ3n) is 13.1. The van der Waals surface area contributed by atoms with E-state index >= 15 is 0 Å². The van der Waals surface area contributed by atoms with Crippen LogP contribution in [0.5, 0.6) is 0 Å². The van der Waals surface area contributed by atoms with Crippen molar-refractivity contribution in [2.75, 3.05) is 34.9 Å². The van der Waals surface area contributed by atoms with E-state index in [0.717, 1.165) is 18.4 Å². The number of ether oxygens (including phenoxy) is 3. The molecule has 1 saturated heterocycles. The van der Waals surface area contributed by atoms with E-state index in [9.17, 15) is 28.8 Å². The maximum atomic E-state index is 14.4. The van der Waals surface area contributed by atoms with Gasteiger partial charge in [-0.25, -0.2) is 0 Å². The second-order valence-corrected chi connectivity index (χ2v) is 18.4. The summed E-state index contributed by atoms with van der Waals surface area (Å²) in [6, 6.07) is 15.6. The number of rotatable bonds is 27. The predicted octanol–water partition coefficient (Wildman–Crippen LogP) is 6.52. The number of ketones is 1. The van der Waals surface area contributed by atoms with Gasteiger partial charge in [0.1, 0.15) is 12.1 Å². The number of carbonyl (C=O) groups excluding carboxylic acids is 6. The summed E-state index contributed by atoms with van der Waals surface area (Å²) in [5.74, 6) is -2.30. The highest BCUT2D eigenvalue weighted by Gasteiger charge is 2.43. The van der Waals surface area contributed by atoms with Crippen molar-refractivity contribution < 1.29 is 43.0 Å². The number of amides is 4. The summed E-state index contributed by atoms with van der Waals surface area (Å²) in [7, 11) is 6.54. The Kier molecular flexibility index (Phi) is 22.8. The van der Waals surface area contributed by atoms with Crippen molar-refractivity contribution in [3.05, 3.63) is 71.8 Å². The number of likely N-dealkylation sites (tertiary alicyclic amines) is 1. The Morgan fingerprint density at radius 1 is 0.785 bits per heavy atom. The molecule has 10 atom stereocenters. The molecule has 65 heavy (non-hydrogen) atoms. The molecule has 3 rings (SSSR count). The minimum atomic E-state index is -0.786. The number of likely N-dealkylation sites (N-methyl/N-ethyl adjacent to an activating group) is 2. The van der Waals surface area contributed by atoms with Crippen LogP contribution in [-0.4, -0.2) is 122 Å². The minimum absolute atomic E-state index is 0.00495. The van der Waals surface area contributed by atoms with Gasteiger partial charge in [0.05, 0.1) is 48.7 Å². The van der Waals surface area contributed by atoms with Gasteiger partial charge in [0.25, 0.3) is 0 Å². The molecule has 0 aromatic heterocycles. The first-order valence-electron chi connectivity index (χ1n) is 23.6. The van der Waals surface area contributed by atoms with Gasteiger partial charge in [0, 0.05) is 46.2 Å². The van der Waals surface area contributed by atoms with E-state index in [1.807, 2.05) is 90.1 Å². The molecule has 14 nitrogen and oxygen atoms in total. The van der Waals surface area contributed by atoms with Gasteiger partial charge < -0.3 is 40.0 Å². The molecule has 0 bridgehead atoms. The van der Waals surface area contributed by atoms with Gasteiger partial charge in [-0.2, -0.15) is 0 Å². The number of hydrogen-bond donors (Lipinski definition) is 3. The smallest absolute Gasteiger partial charge is 0.306 e. The molecule has 0 spiro atoms. The van der Waals surface area contributed by atoms with Crippen LogP contribution in [0, 0.1) is 23.7 Å². The van der Waals surface area contributed by atoms with E-state index in [-0.39, 0.29) is 60.0 Å². The lowest BCUT2D eigenvalue weighted by atomic mass is 9.89. The molecule has 1 heterocycles. The van der Waals surface area contributed by atoms with Crippen molar-refractivity contribution in [3.63, 3.8) is 0 Å². The van der Waals surface area contributed by atoms with Crippen LogP contribution in [0.3, 0.4) is 0 Å². The first-order valence-corrected chi connectivity index (χ1v) is 23.6. The quantitative estimate of drug-likeness (QED) is 0.0509. The standard InChI is InChI=1S/C51H79N5O9/c1-13-34(6)46(55(10)51(62)45(33(4)5)54-50(61)44(52-9)32(2)3)41(63-11)31-42(58)56-30-22-27-39(56)47(64-12)35(7)49(60)53-36(8)48(38-25-18-15-19-26-38)65-43(59)29-21-20-28-40(57)37-23-16-14-17-24-37/h14-19,23-26,32-36,39,41,44-48,52H,13,20-22,27-31H2,1-12H3,(H,53,60)(H,54,61)/t34?,35?,36?,39?,41?,44?,45-,46?,47?,48?/m0/s1. The zero-order chi connectivity index (χ0) is 48.4. The highest BCUT2D eigenvalue weighted by molar-refractivity contribution is 5.96. The largest absolute Gasteiger partial charge is 0.455 e. The molecule has 2 aromatic rings. The number of nitrogens with zero attached hydrogens (tertiary/aromatic N) is 2. The van der Waals surface area contributed by atoms with Crippen molar-refractivity contribution in [1.29, 1.82) is 0 Å². The summed E-state index contributed by atoms with van der Waals surface area (Å²) < 4.78 is 18.1. The number of benzene rings is 2. The average molecular weight is 906 g/mol. The van der Waals surface area contributed by atoms with Crippen LogP contribution in [0.15, 0.2) is 60.7 Å². The zero-order valence-electron chi connectivity index (χ0n) is 41.1. The fourth-order valence-electron chi connectivity index (χ4n) is 9.11. The van der Waals surface area contributed by atoms with Crippen molar-refractivity contribution in [2.24, 2.45) is 23.7 Å². The predicted molar refractivity (Wildman–Crippen MR) is 253 cm³/mol. The molecule has 1 aliphatic rings. The fourth-order valence-corrected chi connectivity index (χ4v) is 9.11. The highest BCUT2D eigenvalue weighted by atomic mass is 16.5. The van der Waals surface area contributed by atoms with E-state index in [0.29, 0.717) is 37.8 Å². The lowest BCUT2D eigenvalue weighted by Gasteiger charge is -2.41. The molecule has 362 valence electrons. The van der Waals surface area contributed by atoms with Gasteiger partial charge >= 0.3 is 5.97 Å². The summed E-state index contributed by atoms with van der Waals surface area (Å²) in [4.78, 5) is 85.2. The highest BCUT2D eigenvalue weighted by Crippen LogP contribution is 2.30. The monoisotopic (exact) mass is 906 g/mol. The van der Waals surface area contributed by atoms with Crippen LogP contribution < -0.4 is 16.0 Å². The second-order valence-electron chi connectivity index (χ2n) is 18.4. The zero-order valence-corrected chi connectivity index (χ0v) is 41.1. The summed E-state index contributed by atoms with van der Waals surface area (Å²) in [6.45, 7) is 15.8. The van der Waals surface area contributed by atoms with Gasteiger partial charge in [0.15, 0.2) is 5.78 Å². The van der Waals surface area contributed by atoms with Crippen molar-refractivity contribution in [3.8, 4) is 0 Å². The SMILES string of the molecule is CCC(C)C(C(CC(=O)N1CCCC1C(OC)C(C)C(=O)NC(C)C(OC(=O)CCCCC(=O)c1ccccc1)c1ccccc1)OC)N(C)C(=O)[C@@H](NC(=O)C(NC)C(C)C)C(C)C. The van der Waals surface area contributed by atoms with Gasteiger partial charge in [-0.05, 0) is 63.0 Å². The molecular formula is C51H79N5O9. The van der Waals surface area contributed by atoms with Crippen LogP contribution >= 0.6 is 0 Å². The summed E-state index contributed by atoms with van der Waals surface area (Å²) in [6.07, 6.45) is 1.46. The molecule has 4 amide bonds. The van der Waals surface area contributed by atoms with Crippen LogP contribution in [0.4, 0.5) is 0 Å². The Morgan fingerprint density at radius 2 is 1.38 bits per heavy atom. The Hall–Kier alpha value is -4.66. The molecule has 9 unspecified atom stereocenters. The molecule has 3 N–H and O–H groups in total. The third kappa shape index (κ3) is 15.5. The van der Waals surface area contributed by atoms with Gasteiger partial charge in [-0.3, -0.25) is 28.8 Å².